The first-order valence-electron chi connectivity index (χ1n) is 3.70. The quantitative estimate of drug-likeness (QED) is 0.275. The standard InChI is InChI=1S/C7H6O4.2Na.H2O4S2/c8-4-1-2-5(7(10)11)6(9)3-4;;;1-5(2)6(3)4/h1-3,8-9H,(H,10,11);;;(H,1,2)(H,3,4)/q;2*+1;/p-2. The van der Waals surface area contributed by atoms with Crippen LogP contribution in [0.25, 0.3) is 0 Å². The van der Waals surface area contributed by atoms with E-state index >= 15 is 0 Å². The summed E-state index contributed by atoms with van der Waals surface area (Å²) in [5, 5.41) is 26.1. The molecule has 0 heterocycles. The molecular formula is C7H6Na2O8S2. The van der Waals surface area contributed by atoms with Gasteiger partial charge in [0.2, 0.25) is 0 Å². The molecule has 3 N–H and O–H groups in total. The minimum atomic E-state index is -2.95. The molecule has 0 aliphatic heterocycles. The summed E-state index contributed by atoms with van der Waals surface area (Å²) in [5.74, 6) is -1.81. The Bertz CT molecular complexity index is 454. The average molecular weight is 328 g/mol. The predicted octanol–water partition coefficient (Wildman–Crippen LogP) is -6.54. The fourth-order valence-electron chi connectivity index (χ4n) is 0.701. The Morgan fingerprint density at radius 2 is 1.47 bits per heavy atom. The van der Waals surface area contributed by atoms with Crippen LogP contribution >= 0.6 is 0 Å². The molecule has 0 bridgehead atoms. The maximum absolute atomic E-state index is 10.3. The molecule has 0 amide bonds. The second kappa shape index (κ2) is 12.3. The van der Waals surface area contributed by atoms with Crippen molar-refractivity contribution in [3.05, 3.63) is 23.8 Å². The summed E-state index contributed by atoms with van der Waals surface area (Å²) in [6, 6.07) is 3.31. The van der Waals surface area contributed by atoms with Gasteiger partial charge in [-0.05, 0) is 12.1 Å². The fraction of sp³-hybridized carbons (Fsp3) is 0. The minimum Gasteiger partial charge on any atom is -0.763 e. The van der Waals surface area contributed by atoms with Crippen LogP contribution in [-0.4, -0.2) is 38.8 Å². The Balaban J connectivity index is -0.000000282. The zero-order valence-corrected chi connectivity index (χ0v) is 15.6. The summed E-state index contributed by atoms with van der Waals surface area (Å²) in [4.78, 5) is 10.3. The number of hydrogen-bond acceptors (Lipinski definition) is 7. The minimum absolute atomic E-state index is 0. The molecule has 19 heavy (non-hydrogen) atoms. The van der Waals surface area contributed by atoms with Crippen molar-refractivity contribution in [2.24, 2.45) is 0 Å². The van der Waals surface area contributed by atoms with Crippen LogP contribution in [0.15, 0.2) is 18.2 Å². The number of aromatic carboxylic acids is 1. The predicted molar refractivity (Wildman–Crippen MR) is 54.6 cm³/mol. The second-order valence-corrected chi connectivity index (χ2v) is 4.86. The molecule has 8 nitrogen and oxygen atoms in total. The molecule has 0 fully saturated rings. The first kappa shape index (κ1) is 24.5. The summed E-state index contributed by atoms with van der Waals surface area (Å²) in [5.41, 5.74) is -0.220. The van der Waals surface area contributed by atoms with Crippen LogP contribution in [0.5, 0.6) is 11.5 Å². The summed E-state index contributed by atoms with van der Waals surface area (Å²) in [7, 11) is -5.90. The normalized spacial score (nSPS) is 11.7. The van der Waals surface area contributed by atoms with Crippen molar-refractivity contribution >= 4 is 26.2 Å². The third-order valence-corrected chi connectivity index (χ3v) is 2.21. The Hall–Kier alpha value is 0.510. The van der Waals surface area contributed by atoms with Crippen LogP contribution < -0.4 is 59.1 Å². The van der Waals surface area contributed by atoms with Crippen LogP contribution in [0.1, 0.15) is 10.4 Å². The number of carboxylic acids is 1. The van der Waals surface area contributed by atoms with Gasteiger partial charge in [0.05, 0.1) is 0 Å². The van der Waals surface area contributed by atoms with Crippen molar-refractivity contribution < 1.29 is 96.8 Å². The molecule has 0 aliphatic rings. The van der Waals surface area contributed by atoms with Crippen molar-refractivity contribution in [1.29, 1.82) is 0 Å². The zero-order valence-electron chi connectivity index (χ0n) is 9.93. The third-order valence-electron chi connectivity index (χ3n) is 1.32. The first-order valence-corrected chi connectivity index (χ1v) is 6.36. The van der Waals surface area contributed by atoms with Gasteiger partial charge in [-0.1, -0.05) is 0 Å². The molecule has 0 aromatic heterocycles. The van der Waals surface area contributed by atoms with E-state index in [-0.39, 0.29) is 70.4 Å². The van der Waals surface area contributed by atoms with Crippen molar-refractivity contribution in [1.82, 2.24) is 0 Å². The number of aromatic hydroxyl groups is 2. The maximum atomic E-state index is 10.3. The largest absolute Gasteiger partial charge is 1.00 e. The van der Waals surface area contributed by atoms with Crippen molar-refractivity contribution in [3.63, 3.8) is 0 Å². The molecule has 0 radical (unpaired) electrons. The molecule has 0 spiro atoms. The number of phenolic OH excluding ortho intramolecular Hbond substituents is 1. The molecule has 12 heteroatoms. The molecule has 0 aliphatic carbocycles. The Kier molecular flexibility index (Phi) is 15.8. The van der Waals surface area contributed by atoms with E-state index in [4.69, 9.17) is 32.8 Å². The van der Waals surface area contributed by atoms with Gasteiger partial charge < -0.3 is 24.4 Å². The molecule has 2 atom stereocenters. The number of benzene rings is 1. The Morgan fingerprint density at radius 3 is 1.74 bits per heavy atom. The summed E-state index contributed by atoms with van der Waals surface area (Å²) >= 11 is 0. The number of carboxylic acid groups (broad SMARTS) is 1. The second-order valence-electron chi connectivity index (χ2n) is 2.41. The molecule has 1 aromatic rings. The average Bonchev–Trinajstić information content (AvgIpc) is 2.17. The number of rotatable bonds is 2. The van der Waals surface area contributed by atoms with Gasteiger partial charge in [0.25, 0.3) is 0 Å². The molecular weight excluding hydrogens is 322 g/mol. The summed E-state index contributed by atoms with van der Waals surface area (Å²) in [6.45, 7) is 0. The van der Waals surface area contributed by atoms with E-state index in [2.05, 4.69) is 0 Å². The van der Waals surface area contributed by atoms with Gasteiger partial charge in [-0.15, -0.1) is 0 Å². The fourth-order valence-corrected chi connectivity index (χ4v) is 0.701. The summed E-state index contributed by atoms with van der Waals surface area (Å²) < 4.78 is 36.3. The van der Waals surface area contributed by atoms with Gasteiger partial charge in [0, 0.05) is 26.3 Å². The van der Waals surface area contributed by atoms with E-state index in [1.54, 1.807) is 0 Å². The Labute approximate surface area is 156 Å². The van der Waals surface area contributed by atoms with Crippen LogP contribution in [-0.2, 0) is 20.2 Å². The van der Waals surface area contributed by atoms with Crippen LogP contribution in [0, 0.1) is 0 Å². The molecule has 0 saturated carbocycles. The van der Waals surface area contributed by atoms with Gasteiger partial charge in [-0.2, -0.15) is 0 Å². The van der Waals surface area contributed by atoms with Crippen LogP contribution in [0.3, 0.4) is 0 Å². The van der Waals surface area contributed by atoms with E-state index < -0.39 is 31.9 Å². The van der Waals surface area contributed by atoms with Gasteiger partial charge in [-0.3, -0.25) is 8.42 Å². The van der Waals surface area contributed by atoms with Crippen molar-refractivity contribution in [2.75, 3.05) is 0 Å². The van der Waals surface area contributed by atoms with E-state index in [0.29, 0.717) is 0 Å². The first-order chi connectivity index (χ1) is 7.75. The van der Waals surface area contributed by atoms with Gasteiger partial charge >= 0.3 is 65.1 Å². The van der Waals surface area contributed by atoms with Gasteiger partial charge in [0.15, 0.2) is 0 Å². The molecule has 1 rings (SSSR count). The number of carbonyl (C=O) groups is 1. The van der Waals surface area contributed by atoms with Gasteiger partial charge in [-0.25, -0.2) is 4.79 Å². The maximum Gasteiger partial charge on any atom is 1.00 e. The smallest absolute Gasteiger partial charge is 0.763 e. The van der Waals surface area contributed by atoms with Gasteiger partial charge in [0.1, 0.15) is 17.1 Å². The van der Waals surface area contributed by atoms with E-state index in [1.165, 1.54) is 6.07 Å². The topological polar surface area (TPSA) is 158 Å². The number of hydrogen-bond donors (Lipinski definition) is 3. The number of phenols is 2. The molecule has 1 aromatic carbocycles. The monoisotopic (exact) mass is 328 g/mol. The van der Waals surface area contributed by atoms with E-state index in [0.717, 1.165) is 12.1 Å². The zero-order chi connectivity index (χ0) is 13.6. The molecule has 0 saturated heterocycles. The van der Waals surface area contributed by atoms with E-state index in [9.17, 15) is 4.79 Å². The third kappa shape index (κ3) is 10.9. The van der Waals surface area contributed by atoms with Crippen molar-refractivity contribution in [2.45, 2.75) is 0 Å². The Morgan fingerprint density at radius 1 is 1.05 bits per heavy atom. The SMILES string of the molecule is O=C(O)c1ccc(O)cc1O.O=S([O-])S(=O)[O-].[Na+].[Na+]. The van der Waals surface area contributed by atoms with Crippen molar-refractivity contribution in [3.8, 4) is 11.5 Å². The van der Waals surface area contributed by atoms with E-state index in [1.807, 2.05) is 0 Å². The summed E-state index contributed by atoms with van der Waals surface area (Å²) in [6.07, 6.45) is 0. The van der Waals surface area contributed by atoms with Crippen LogP contribution in [0.2, 0.25) is 0 Å². The molecule has 2 unspecified atom stereocenters. The molecule has 96 valence electrons. The van der Waals surface area contributed by atoms with Crippen LogP contribution in [0.4, 0.5) is 0 Å².